The third kappa shape index (κ3) is 4.00. The highest BCUT2D eigenvalue weighted by molar-refractivity contribution is 7.80. The minimum atomic E-state index is 0.291. The van der Waals surface area contributed by atoms with E-state index in [1.165, 1.54) is 24.8 Å². The molecule has 0 spiro atoms. The van der Waals surface area contributed by atoms with Crippen molar-refractivity contribution in [3.63, 3.8) is 0 Å². The van der Waals surface area contributed by atoms with Gasteiger partial charge in [-0.25, -0.2) is 0 Å². The number of para-hydroxylation sites is 1. The maximum atomic E-state index is 12.2. The van der Waals surface area contributed by atoms with Crippen molar-refractivity contribution in [2.45, 2.75) is 44.9 Å². The molecule has 1 aliphatic heterocycles. The van der Waals surface area contributed by atoms with Gasteiger partial charge in [-0.3, -0.25) is 4.79 Å². The lowest BCUT2D eigenvalue weighted by atomic mass is 10.1. The van der Waals surface area contributed by atoms with Crippen LogP contribution in [0.15, 0.2) is 24.3 Å². The van der Waals surface area contributed by atoms with Gasteiger partial charge in [0.1, 0.15) is 0 Å². The average molecular weight is 277 g/mol. The fourth-order valence-corrected chi connectivity index (χ4v) is 2.89. The number of anilines is 1. The molecule has 0 aliphatic carbocycles. The molecule has 19 heavy (non-hydrogen) atoms. The molecular formula is C16H23NOS. The minimum Gasteiger partial charge on any atom is -0.312 e. The summed E-state index contributed by atoms with van der Waals surface area (Å²) in [5, 5.41) is 0. The number of carbonyl (C=O) groups is 1. The number of fused-ring (bicyclic) bond motifs is 1. The van der Waals surface area contributed by atoms with Crippen LogP contribution in [0.3, 0.4) is 0 Å². The highest BCUT2D eigenvalue weighted by Crippen LogP contribution is 2.27. The van der Waals surface area contributed by atoms with Gasteiger partial charge < -0.3 is 4.90 Å². The fourth-order valence-electron chi connectivity index (χ4n) is 2.67. The number of rotatable bonds is 6. The number of amides is 1. The van der Waals surface area contributed by atoms with Crippen LogP contribution in [0.25, 0.3) is 0 Å². The van der Waals surface area contributed by atoms with E-state index in [1.807, 2.05) is 11.0 Å². The Labute approximate surface area is 121 Å². The molecule has 1 amide bonds. The molecule has 0 aromatic heterocycles. The molecule has 0 bridgehead atoms. The molecule has 104 valence electrons. The second-order valence-electron chi connectivity index (χ2n) is 5.17. The van der Waals surface area contributed by atoms with Gasteiger partial charge in [0.15, 0.2) is 0 Å². The Bertz CT molecular complexity index is 419. The van der Waals surface area contributed by atoms with Crippen molar-refractivity contribution in [2.24, 2.45) is 0 Å². The predicted octanol–water partition coefficient (Wildman–Crippen LogP) is 3.85. The molecule has 0 fully saturated rings. The first-order valence-electron chi connectivity index (χ1n) is 7.32. The van der Waals surface area contributed by atoms with Crippen molar-refractivity contribution >= 4 is 24.2 Å². The van der Waals surface area contributed by atoms with Crippen LogP contribution in [0.4, 0.5) is 5.69 Å². The van der Waals surface area contributed by atoms with Crippen molar-refractivity contribution in [1.29, 1.82) is 0 Å². The molecule has 2 rings (SSSR count). The SMILES string of the molecule is O=C1CCCc2ccccc2N1CCCCCCS. The zero-order chi connectivity index (χ0) is 13.5. The number of benzene rings is 1. The van der Waals surface area contributed by atoms with Gasteiger partial charge in [-0.15, -0.1) is 0 Å². The summed E-state index contributed by atoms with van der Waals surface area (Å²) in [5.74, 6) is 1.25. The first kappa shape index (κ1) is 14.4. The standard InChI is InChI=1S/C16H23NOS/c18-16-11-7-9-14-8-3-4-10-15(14)17(16)12-5-1-2-6-13-19/h3-4,8,10,19H,1-2,5-7,9,11-13H2. The third-order valence-electron chi connectivity index (χ3n) is 3.71. The highest BCUT2D eigenvalue weighted by atomic mass is 32.1. The monoisotopic (exact) mass is 277 g/mol. The van der Waals surface area contributed by atoms with E-state index in [0.717, 1.165) is 37.2 Å². The predicted molar refractivity (Wildman–Crippen MR) is 84.1 cm³/mol. The van der Waals surface area contributed by atoms with E-state index < -0.39 is 0 Å². The van der Waals surface area contributed by atoms with Crippen molar-refractivity contribution in [3.8, 4) is 0 Å². The molecule has 0 N–H and O–H groups in total. The summed E-state index contributed by atoms with van der Waals surface area (Å²) < 4.78 is 0. The number of hydrogen-bond donors (Lipinski definition) is 1. The Hall–Kier alpha value is -0.960. The van der Waals surface area contributed by atoms with E-state index in [4.69, 9.17) is 0 Å². The van der Waals surface area contributed by atoms with Gasteiger partial charge in [0.2, 0.25) is 5.91 Å². The minimum absolute atomic E-state index is 0.291. The van der Waals surface area contributed by atoms with Gasteiger partial charge in [-0.05, 0) is 43.1 Å². The zero-order valence-corrected chi connectivity index (χ0v) is 12.4. The molecule has 1 heterocycles. The third-order valence-corrected chi connectivity index (χ3v) is 4.03. The molecule has 0 saturated heterocycles. The second-order valence-corrected chi connectivity index (χ2v) is 5.61. The summed E-state index contributed by atoms with van der Waals surface area (Å²) in [6.45, 7) is 0.864. The second kappa shape index (κ2) is 7.59. The molecule has 1 aromatic carbocycles. The smallest absolute Gasteiger partial charge is 0.226 e. The maximum absolute atomic E-state index is 12.2. The molecule has 0 atom stereocenters. The Morgan fingerprint density at radius 2 is 1.84 bits per heavy atom. The molecule has 1 aliphatic rings. The van der Waals surface area contributed by atoms with Crippen LogP contribution in [0, 0.1) is 0 Å². The summed E-state index contributed by atoms with van der Waals surface area (Å²) in [4.78, 5) is 14.2. The number of aryl methyl sites for hydroxylation is 1. The number of thiol groups is 1. The number of unbranched alkanes of at least 4 members (excludes halogenated alkanes) is 3. The van der Waals surface area contributed by atoms with E-state index in [2.05, 4.69) is 30.8 Å². The van der Waals surface area contributed by atoms with Crippen molar-refractivity contribution in [1.82, 2.24) is 0 Å². The fraction of sp³-hybridized carbons (Fsp3) is 0.562. The number of carbonyl (C=O) groups excluding carboxylic acids is 1. The Balaban J connectivity index is 1.98. The average Bonchev–Trinajstić information content (AvgIpc) is 2.58. The van der Waals surface area contributed by atoms with Crippen LogP contribution in [-0.2, 0) is 11.2 Å². The van der Waals surface area contributed by atoms with Gasteiger partial charge in [0, 0.05) is 18.7 Å². The van der Waals surface area contributed by atoms with Gasteiger partial charge in [0.25, 0.3) is 0 Å². The summed E-state index contributed by atoms with van der Waals surface area (Å²) >= 11 is 4.23. The van der Waals surface area contributed by atoms with Gasteiger partial charge >= 0.3 is 0 Å². The van der Waals surface area contributed by atoms with E-state index in [9.17, 15) is 4.79 Å². The molecule has 3 heteroatoms. The molecule has 0 saturated carbocycles. The van der Waals surface area contributed by atoms with E-state index >= 15 is 0 Å². The molecular weight excluding hydrogens is 254 g/mol. The van der Waals surface area contributed by atoms with Crippen LogP contribution in [0.2, 0.25) is 0 Å². The Morgan fingerprint density at radius 3 is 2.68 bits per heavy atom. The lowest BCUT2D eigenvalue weighted by Gasteiger charge is -2.23. The first-order chi connectivity index (χ1) is 9.33. The topological polar surface area (TPSA) is 20.3 Å². The van der Waals surface area contributed by atoms with Crippen molar-refractivity contribution in [2.75, 3.05) is 17.2 Å². The lowest BCUT2D eigenvalue weighted by molar-refractivity contribution is -0.118. The summed E-state index contributed by atoms with van der Waals surface area (Å²) in [6, 6.07) is 8.35. The van der Waals surface area contributed by atoms with Crippen molar-refractivity contribution < 1.29 is 4.79 Å². The maximum Gasteiger partial charge on any atom is 0.226 e. The van der Waals surface area contributed by atoms with Crippen molar-refractivity contribution in [3.05, 3.63) is 29.8 Å². The summed E-state index contributed by atoms with van der Waals surface area (Å²) in [5.41, 5.74) is 2.46. The Morgan fingerprint density at radius 1 is 1.05 bits per heavy atom. The molecule has 1 aromatic rings. The van der Waals surface area contributed by atoms with Crippen LogP contribution in [0.5, 0.6) is 0 Å². The highest BCUT2D eigenvalue weighted by Gasteiger charge is 2.20. The van der Waals surface area contributed by atoms with Crippen LogP contribution in [-0.4, -0.2) is 18.2 Å². The van der Waals surface area contributed by atoms with Crippen LogP contribution in [0.1, 0.15) is 44.1 Å². The quantitative estimate of drug-likeness (QED) is 0.618. The van der Waals surface area contributed by atoms with E-state index in [-0.39, 0.29) is 0 Å². The summed E-state index contributed by atoms with van der Waals surface area (Å²) in [7, 11) is 0. The van der Waals surface area contributed by atoms with Crippen LogP contribution < -0.4 is 4.90 Å². The lowest BCUT2D eigenvalue weighted by Crippen LogP contribution is -2.31. The Kier molecular flexibility index (Phi) is 5.77. The zero-order valence-electron chi connectivity index (χ0n) is 11.5. The van der Waals surface area contributed by atoms with Gasteiger partial charge in [-0.1, -0.05) is 31.0 Å². The van der Waals surface area contributed by atoms with E-state index in [1.54, 1.807) is 0 Å². The summed E-state index contributed by atoms with van der Waals surface area (Å²) in [6.07, 6.45) is 7.36. The molecule has 0 unspecified atom stereocenters. The van der Waals surface area contributed by atoms with Gasteiger partial charge in [0.05, 0.1) is 0 Å². The van der Waals surface area contributed by atoms with Crippen LogP contribution >= 0.6 is 12.6 Å². The molecule has 2 nitrogen and oxygen atoms in total. The normalized spacial score (nSPS) is 15.2. The number of nitrogens with zero attached hydrogens (tertiary/aromatic N) is 1. The molecule has 0 radical (unpaired) electrons. The first-order valence-corrected chi connectivity index (χ1v) is 7.95. The van der Waals surface area contributed by atoms with Gasteiger partial charge in [-0.2, -0.15) is 12.6 Å². The number of hydrogen-bond acceptors (Lipinski definition) is 2. The van der Waals surface area contributed by atoms with E-state index in [0.29, 0.717) is 12.3 Å². The largest absolute Gasteiger partial charge is 0.312 e.